The lowest BCUT2D eigenvalue weighted by molar-refractivity contribution is -0.126. The second-order valence-corrected chi connectivity index (χ2v) is 7.37. The minimum Gasteiger partial charge on any atom is -0.336 e. The number of imidazole rings is 1. The molecule has 5 nitrogen and oxygen atoms in total. The number of rotatable bonds is 4. The van der Waals surface area contributed by atoms with Gasteiger partial charge in [-0.25, -0.2) is 9.37 Å². The zero-order valence-corrected chi connectivity index (χ0v) is 15.6. The van der Waals surface area contributed by atoms with Crippen molar-refractivity contribution in [2.45, 2.75) is 25.8 Å². The standard InChI is InChI=1S/C21H25FN4O/c1-16-2-7-19(20-23-9-11-26(16)20)21(27)25-14-12-24(13-15-25)10-8-17-3-5-18(22)6-4-17/h3-7,9,11,16H,2,8,10,12-15H2,1H3. The molecule has 0 spiro atoms. The third-order valence-corrected chi connectivity index (χ3v) is 5.57. The number of allylic oxidation sites excluding steroid dienone is 1. The van der Waals surface area contributed by atoms with E-state index in [0.29, 0.717) is 6.04 Å². The molecule has 3 heterocycles. The molecular formula is C21H25FN4O. The summed E-state index contributed by atoms with van der Waals surface area (Å²) < 4.78 is 15.1. The molecule has 0 aliphatic carbocycles. The zero-order valence-electron chi connectivity index (χ0n) is 15.6. The van der Waals surface area contributed by atoms with Crippen LogP contribution < -0.4 is 0 Å². The monoisotopic (exact) mass is 368 g/mol. The number of piperazine rings is 1. The maximum Gasteiger partial charge on any atom is 0.257 e. The highest BCUT2D eigenvalue weighted by Crippen LogP contribution is 2.28. The molecule has 27 heavy (non-hydrogen) atoms. The molecule has 0 radical (unpaired) electrons. The minimum atomic E-state index is -0.196. The van der Waals surface area contributed by atoms with Gasteiger partial charge in [-0.15, -0.1) is 0 Å². The molecule has 0 N–H and O–H groups in total. The van der Waals surface area contributed by atoms with Crippen LogP contribution in [0, 0.1) is 5.82 Å². The van der Waals surface area contributed by atoms with Crippen molar-refractivity contribution >= 4 is 11.5 Å². The van der Waals surface area contributed by atoms with E-state index in [9.17, 15) is 9.18 Å². The maximum atomic E-state index is 13.0. The maximum absolute atomic E-state index is 13.0. The van der Waals surface area contributed by atoms with E-state index in [0.717, 1.165) is 62.5 Å². The second kappa shape index (κ2) is 7.64. The van der Waals surface area contributed by atoms with Crippen LogP contribution in [0.25, 0.3) is 5.57 Å². The molecule has 4 rings (SSSR count). The summed E-state index contributed by atoms with van der Waals surface area (Å²) in [7, 11) is 0. The molecule has 1 fully saturated rings. The number of nitrogens with zero attached hydrogens (tertiary/aromatic N) is 4. The van der Waals surface area contributed by atoms with E-state index < -0.39 is 0 Å². The molecule has 1 aromatic heterocycles. The Morgan fingerprint density at radius 1 is 1.19 bits per heavy atom. The Balaban J connectivity index is 1.31. The van der Waals surface area contributed by atoms with Crippen molar-refractivity contribution in [2.24, 2.45) is 0 Å². The largest absolute Gasteiger partial charge is 0.336 e. The van der Waals surface area contributed by atoms with Crippen LogP contribution in [0.3, 0.4) is 0 Å². The minimum absolute atomic E-state index is 0.0903. The molecule has 1 aromatic carbocycles. The van der Waals surface area contributed by atoms with Crippen molar-refractivity contribution in [1.82, 2.24) is 19.4 Å². The number of carbonyl (C=O) groups excluding carboxylic acids is 1. The molecule has 1 atom stereocenters. The Kier molecular flexibility index (Phi) is 5.07. The fourth-order valence-electron chi connectivity index (χ4n) is 3.84. The Labute approximate surface area is 159 Å². The van der Waals surface area contributed by atoms with Gasteiger partial charge in [0, 0.05) is 51.2 Å². The molecule has 1 amide bonds. The number of aromatic nitrogens is 2. The molecule has 0 saturated carbocycles. The van der Waals surface area contributed by atoms with Crippen molar-refractivity contribution in [1.29, 1.82) is 0 Å². The van der Waals surface area contributed by atoms with E-state index >= 15 is 0 Å². The van der Waals surface area contributed by atoms with E-state index in [2.05, 4.69) is 21.4 Å². The van der Waals surface area contributed by atoms with Gasteiger partial charge in [0.15, 0.2) is 0 Å². The average Bonchev–Trinajstić information content (AvgIpc) is 3.19. The number of amides is 1. The molecule has 6 heteroatoms. The first-order valence-corrected chi connectivity index (χ1v) is 9.61. The Morgan fingerprint density at radius 3 is 2.67 bits per heavy atom. The SMILES string of the molecule is CC1CC=C(C(=O)N2CCN(CCc3ccc(F)cc3)CC2)c2nccn21. The molecule has 2 aromatic rings. The second-order valence-electron chi connectivity index (χ2n) is 7.37. The van der Waals surface area contributed by atoms with Crippen LogP contribution >= 0.6 is 0 Å². The summed E-state index contributed by atoms with van der Waals surface area (Å²) in [4.78, 5) is 21.7. The number of fused-ring (bicyclic) bond motifs is 1. The summed E-state index contributed by atoms with van der Waals surface area (Å²) in [6, 6.07) is 7.05. The Hall–Kier alpha value is -2.47. The third kappa shape index (κ3) is 3.81. The van der Waals surface area contributed by atoms with Crippen LogP contribution in [-0.4, -0.2) is 58.0 Å². The van der Waals surface area contributed by atoms with Crippen molar-refractivity contribution < 1.29 is 9.18 Å². The van der Waals surface area contributed by atoms with Gasteiger partial charge in [0.2, 0.25) is 0 Å². The normalized spacial score (nSPS) is 20.3. The number of benzene rings is 1. The number of hydrogen-bond donors (Lipinski definition) is 0. The first kappa shape index (κ1) is 17.9. The van der Waals surface area contributed by atoms with Crippen LogP contribution in [0.1, 0.15) is 30.8 Å². The van der Waals surface area contributed by atoms with Gasteiger partial charge in [-0.05, 0) is 37.5 Å². The van der Waals surface area contributed by atoms with Gasteiger partial charge in [-0.2, -0.15) is 0 Å². The van der Waals surface area contributed by atoms with Crippen LogP contribution in [0.15, 0.2) is 42.7 Å². The van der Waals surface area contributed by atoms with Crippen molar-refractivity contribution in [2.75, 3.05) is 32.7 Å². The van der Waals surface area contributed by atoms with Crippen LogP contribution in [0.4, 0.5) is 4.39 Å². The highest BCUT2D eigenvalue weighted by atomic mass is 19.1. The molecule has 142 valence electrons. The molecular weight excluding hydrogens is 343 g/mol. The quantitative estimate of drug-likeness (QED) is 0.833. The first-order valence-electron chi connectivity index (χ1n) is 9.61. The van der Waals surface area contributed by atoms with E-state index in [1.54, 1.807) is 6.20 Å². The summed E-state index contributed by atoms with van der Waals surface area (Å²) >= 11 is 0. The number of halogens is 1. The van der Waals surface area contributed by atoms with Crippen molar-refractivity contribution in [3.05, 3.63) is 59.9 Å². The predicted octanol–water partition coefficient (Wildman–Crippen LogP) is 2.76. The topological polar surface area (TPSA) is 41.4 Å². The van der Waals surface area contributed by atoms with E-state index in [1.807, 2.05) is 29.3 Å². The van der Waals surface area contributed by atoms with Crippen LogP contribution in [0.5, 0.6) is 0 Å². The lowest BCUT2D eigenvalue weighted by Gasteiger charge is -2.35. The lowest BCUT2D eigenvalue weighted by atomic mass is 10.0. The van der Waals surface area contributed by atoms with E-state index in [4.69, 9.17) is 0 Å². The van der Waals surface area contributed by atoms with Gasteiger partial charge >= 0.3 is 0 Å². The lowest BCUT2D eigenvalue weighted by Crippen LogP contribution is -2.49. The molecule has 2 aliphatic heterocycles. The summed E-state index contributed by atoms with van der Waals surface area (Å²) in [6.07, 6.45) is 7.52. The van der Waals surface area contributed by atoms with Gasteiger partial charge < -0.3 is 9.47 Å². The smallest absolute Gasteiger partial charge is 0.257 e. The van der Waals surface area contributed by atoms with Gasteiger partial charge in [-0.1, -0.05) is 18.2 Å². The fraction of sp³-hybridized carbons (Fsp3) is 0.429. The van der Waals surface area contributed by atoms with Crippen LogP contribution in [-0.2, 0) is 11.2 Å². The molecule has 2 aliphatic rings. The van der Waals surface area contributed by atoms with Crippen molar-refractivity contribution in [3.63, 3.8) is 0 Å². The predicted molar refractivity (Wildman–Crippen MR) is 103 cm³/mol. The molecule has 0 bridgehead atoms. The van der Waals surface area contributed by atoms with E-state index in [-0.39, 0.29) is 11.7 Å². The first-order chi connectivity index (χ1) is 13.1. The summed E-state index contributed by atoms with van der Waals surface area (Å²) in [5, 5.41) is 0. The summed E-state index contributed by atoms with van der Waals surface area (Å²) in [5.74, 6) is 0.683. The molecule has 1 unspecified atom stereocenters. The fourth-order valence-corrected chi connectivity index (χ4v) is 3.84. The third-order valence-electron chi connectivity index (χ3n) is 5.57. The highest BCUT2D eigenvalue weighted by molar-refractivity contribution is 6.18. The summed E-state index contributed by atoms with van der Waals surface area (Å²) in [5.41, 5.74) is 1.88. The number of hydrogen-bond acceptors (Lipinski definition) is 3. The Bertz CT molecular complexity index is 834. The van der Waals surface area contributed by atoms with Crippen LogP contribution in [0.2, 0.25) is 0 Å². The highest BCUT2D eigenvalue weighted by Gasteiger charge is 2.29. The molecule has 1 saturated heterocycles. The van der Waals surface area contributed by atoms with Gasteiger partial charge in [-0.3, -0.25) is 9.69 Å². The number of carbonyl (C=O) groups is 1. The van der Waals surface area contributed by atoms with Gasteiger partial charge in [0.05, 0.1) is 5.57 Å². The summed E-state index contributed by atoms with van der Waals surface area (Å²) in [6.45, 7) is 6.27. The van der Waals surface area contributed by atoms with E-state index in [1.165, 1.54) is 12.1 Å². The zero-order chi connectivity index (χ0) is 18.8. The Morgan fingerprint density at radius 2 is 1.93 bits per heavy atom. The van der Waals surface area contributed by atoms with Crippen molar-refractivity contribution in [3.8, 4) is 0 Å². The van der Waals surface area contributed by atoms with Gasteiger partial charge in [0.25, 0.3) is 5.91 Å². The van der Waals surface area contributed by atoms with Gasteiger partial charge in [0.1, 0.15) is 11.6 Å². The average molecular weight is 368 g/mol.